The van der Waals surface area contributed by atoms with Crippen LogP contribution in [0.3, 0.4) is 0 Å². The fourth-order valence-electron chi connectivity index (χ4n) is 2.21. The van der Waals surface area contributed by atoms with Gasteiger partial charge in [-0.25, -0.2) is 4.79 Å². The van der Waals surface area contributed by atoms with Crippen molar-refractivity contribution in [2.75, 3.05) is 19.8 Å². The van der Waals surface area contributed by atoms with Crippen LogP contribution in [0.15, 0.2) is 21.9 Å². The molecule has 1 fully saturated rings. The second-order valence-electron chi connectivity index (χ2n) is 4.69. The van der Waals surface area contributed by atoms with Crippen LogP contribution >= 0.6 is 0 Å². The average Bonchev–Trinajstić information content (AvgIpc) is 2.68. The second-order valence-corrected chi connectivity index (χ2v) is 4.69. The van der Waals surface area contributed by atoms with Crippen molar-refractivity contribution >= 4 is 0 Å². The number of aromatic amines is 1. The molecule has 0 saturated carbocycles. The topological polar surface area (TPSA) is 105 Å². The molecule has 2 rings (SSSR count). The summed E-state index contributed by atoms with van der Waals surface area (Å²) < 4.78 is 6.75. The lowest BCUT2D eigenvalue weighted by Gasteiger charge is -2.29. The lowest BCUT2D eigenvalue weighted by atomic mass is 9.79. The van der Waals surface area contributed by atoms with E-state index in [1.807, 2.05) is 0 Å². The molecule has 0 bridgehead atoms. The van der Waals surface area contributed by atoms with Gasteiger partial charge in [0.15, 0.2) is 0 Å². The van der Waals surface area contributed by atoms with E-state index in [1.54, 1.807) is 6.92 Å². The van der Waals surface area contributed by atoms with Crippen LogP contribution in [0, 0.1) is 11.3 Å². The van der Waals surface area contributed by atoms with Gasteiger partial charge in [0.25, 0.3) is 5.56 Å². The molecular weight excluding hydrogens is 240 g/mol. The molecule has 2 heterocycles. The molecule has 100 valence electrons. The first-order chi connectivity index (χ1) is 8.54. The summed E-state index contributed by atoms with van der Waals surface area (Å²) in [5, 5.41) is 18.8. The van der Waals surface area contributed by atoms with Crippen LogP contribution in [0.2, 0.25) is 0 Å². The third kappa shape index (κ3) is 1.90. The predicted octanol–water partition coefficient (Wildman–Crippen LogP) is -1.33. The number of nitrogens with zero attached hydrogens (tertiary/aromatic N) is 1. The molecule has 7 nitrogen and oxygen atoms in total. The Kier molecular flexibility index (Phi) is 3.38. The van der Waals surface area contributed by atoms with Crippen LogP contribution in [0.5, 0.6) is 0 Å². The zero-order valence-corrected chi connectivity index (χ0v) is 10.00. The van der Waals surface area contributed by atoms with Crippen LogP contribution in [0.25, 0.3) is 0 Å². The number of H-pyrrole nitrogens is 1. The number of hydrogen-bond donors (Lipinski definition) is 3. The molecule has 0 amide bonds. The van der Waals surface area contributed by atoms with E-state index in [2.05, 4.69) is 4.98 Å². The number of nitrogens with one attached hydrogen (secondary N) is 1. The molecule has 3 N–H and O–H groups in total. The molecule has 1 aromatic heterocycles. The lowest BCUT2D eigenvalue weighted by molar-refractivity contribution is 0.0212. The smallest absolute Gasteiger partial charge is 0.330 e. The van der Waals surface area contributed by atoms with Crippen LogP contribution in [-0.4, -0.2) is 39.6 Å². The van der Waals surface area contributed by atoms with Gasteiger partial charge in [0.1, 0.15) is 6.23 Å². The van der Waals surface area contributed by atoms with Gasteiger partial charge in [0.05, 0.1) is 19.8 Å². The molecule has 1 saturated heterocycles. The maximum atomic E-state index is 11.7. The third-order valence-corrected chi connectivity index (χ3v) is 3.69. The quantitative estimate of drug-likeness (QED) is 0.621. The maximum Gasteiger partial charge on any atom is 0.330 e. The Labute approximate surface area is 103 Å². The van der Waals surface area contributed by atoms with Crippen molar-refractivity contribution in [2.24, 2.45) is 11.3 Å². The van der Waals surface area contributed by atoms with Crippen molar-refractivity contribution in [3.05, 3.63) is 33.1 Å². The molecule has 1 aromatic rings. The highest BCUT2D eigenvalue weighted by molar-refractivity contribution is 4.94. The Morgan fingerprint density at radius 2 is 2.17 bits per heavy atom. The van der Waals surface area contributed by atoms with E-state index in [-0.39, 0.29) is 25.7 Å². The van der Waals surface area contributed by atoms with Crippen molar-refractivity contribution in [1.82, 2.24) is 9.55 Å². The summed E-state index contributed by atoms with van der Waals surface area (Å²) in [4.78, 5) is 24.8. The summed E-state index contributed by atoms with van der Waals surface area (Å²) in [5.74, 6) is -0.254. The first kappa shape index (κ1) is 13.0. The monoisotopic (exact) mass is 256 g/mol. The van der Waals surface area contributed by atoms with E-state index < -0.39 is 22.9 Å². The minimum absolute atomic E-state index is 0.164. The Morgan fingerprint density at radius 3 is 2.67 bits per heavy atom. The highest BCUT2D eigenvalue weighted by Crippen LogP contribution is 2.42. The second kappa shape index (κ2) is 4.68. The SMILES string of the molecule is C[C@@H]1[C@H](n2ccc(=O)[nH]c2=O)OCC1(CO)CO. The first-order valence-corrected chi connectivity index (χ1v) is 5.69. The summed E-state index contributed by atoms with van der Waals surface area (Å²) in [6.45, 7) is 1.51. The normalized spacial score (nSPS) is 26.4. The van der Waals surface area contributed by atoms with Gasteiger partial charge in [-0.15, -0.1) is 0 Å². The number of hydrogen-bond acceptors (Lipinski definition) is 5. The van der Waals surface area contributed by atoms with E-state index in [1.165, 1.54) is 16.8 Å². The van der Waals surface area contributed by atoms with Gasteiger partial charge >= 0.3 is 5.69 Å². The Bertz CT molecular complexity index is 531. The molecule has 18 heavy (non-hydrogen) atoms. The van der Waals surface area contributed by atoms with Gasteiger partial charge in [0, 0.05) is 23.6 Å². The molecule has 7 heteroatoms. The van der Waals surface area contributed by atoms with Crippen LogP contribution in [-0.2, 0) is 4.74 Å². The van der Waals surface area contributed by atoms with Gasteiger partial charge in [-0.2, -0.15) is 0 Å². The standard InChI is InChI=1S/C11H16N2O5/c1-7-9(18-6-11(7,4-14)5-15)13-3-2-8(16)12-10(13)17/h2-3,7,9,14-15H,4-6H2,1H3,(H,12,16,17)/t7-,9-/m1/s1. The number of aliphatic hydroxyl groups excluding tert-OH is 2. The van der Waals surface area contributed by atoms with Gasteiger partial charge in [0.2, 0.25) is 0 Å². The minimum Gasteiger partial charge on any atom is -0.396 e. The van der Waals surface area contributed by atoms with Crippen LogP contribution < -0.4 is 11.2 Å². The van der Waals surface area contributed by atoms with E-state index in [0.717, 1.165) is 0 Å². The fraction of sp³-hybridized carbons (Fsp3) is 0.636. The van der Waals surface area contributed by atoms with Crippen LogP contribution in [0.4, 0.5) is 0 Å². The highest BCUT2D eigenvalue weighted by atomic mass is 16.5. The number of aromatic nitrogens is 2. The minimum atomic E-state index is -0.764. The average molecular weight is 256 g/mol. The Morgan fingerprint density at radius 1 is 1.50 bits per heavy atom. The number of aliphatic hydroxyl groups is 2. The van der Waals surface area contributed by atoms with E-state index >= 15 is 0 Å². The molecule has 0 spiro atoms. The molecule has 0 aliphatic carbocycles. The molecular formula is C11H16N2O5. The Balaban J connectivity index is 2.37. The van der Waals surface area contributed by atoms with Crippen LogP contribution in [0.1, 0.15) is 13.2 Å². The van der Waals surface area contributed by atoms with E-state index in [4.69, 9.17) is 4.74 Å². The summed E-state index contributed by atoms with van der Waals surface area (Å²) in [7, 11) is 0. The molecule has 0 unspecified atom stereocenters. The van der Waals surface area contributed by atoms with Gasteiger partial charge in [-0.3, -0.25) is 14.3 Å². The number of rotatable bonds is 3. The highest BCUT2D eigenvalue weighted by Gasteiger charge is 2.47. The molecule has 0 radical (unpaired) electrons. The van der Waals surface area contributed by atoms with E-state index in [9.17, 15) is 19.8 Å². The third-order valence-electron chi connectivity index (χ3n) is 3.69. The largest absolute Gasteiger partial charge is 0.396 e. The van der Waals surface area contributed by atoms with Gasteiger partial charge in [-0.1, -0.05) is 6.92 Å². The molecule has 0 aromatic carbocycles. The fourth-order valence-corrected chi connectivity index (χ4v) is 2.21. The molecule has 1 aliphatic heterocycles. The lowest BCUT2D eigenvalue weighted by Crippen LogP contribution is -2.39. The predicted molar refractivity (Wildman–Crippen MR) is 62.1 cm³/mol. The molecule has 1 aliphatic rings. The number of ether oxygens (including phenoxy) is 1. The first-order valence-electron chi connectivity index (χ1n) is 5.69. The summed E-state index contributed by atoms with van der Waals surface area (Å²) in [6, 6.07) is 1.23. The van der Waals surface area contributed by atoms with Gasteiger partial charge in [-0.05, 0) is 0 Å². The molecule has 2 atom stereocenters. The van der Waals surface area contributed by atoms with E-state index in [0.29, 0.717) is 0 Å². The zero-order valence-electron chi connectivity index (χ0n) is 10.00. The summed E-state index contributed by atoms with van der Waals surface area (Å²) in [5.41, 5.74) is -1.80. The van der Waals surface area contributed by atoms with Crippen molar-refractivity contribution in [3.8, 4) is 0 Å². The van der Waals surface area contributed by atoms with Crippen molar-refractivity contribution in [2.45, 2.75) is 13.2 Å². The van der Waals surface area contributed by atoms with Gasteiger partial charge < -0.3 is 14.9 Å². The van der Waals surface area contributed by atoms with Crippen molar-refractivity contribution in [3.63, 3.8) is 0 Å². The maximum absolute atomic E-state index is 11.7. The summed E-state index contributed by atoms with van der Waals surface area (Å²) >= 11 is 0. The Hall–Kier alpha value is -1.44. The van der Waals surface area contributed by atoms with Crippen molar-refractivity contribution in [1.29, 1.82) is 0 Å². The van der Waals surface area contributed by atoms with Crippen molar-refractivity contribution < 1.29 is 14.9 Å². The summed E-state index contributed by atoms with van der Waals surface area (Å²) in [6.07, 6.45) is 0.751. The zero-order chi connectivity index (χ0) is 13.3.